The summed E-state index contributed by atoms with van der Waals surface area (Å²) in [6.45, 7) is 0. The van der Waals surface area contributed by atoms with Crippen molar-refractivity contribution in [2.75, 3.05) is 0 Å². The van der Waals surface area contributed by atoms with Gasteiger partial charge in [0, 0.05) is 17.7 Å². The summed E-state index contributed by atoms with van der Waals surface area (Å²) in [6, 6.07) is 5.73. The van der Waals surface area contributed by atoms with Crippen molar-refractivity contribution >= 4 is 11.5 Å². The fourth-order valence-electron chi connectivity index (χ4n) is 1.77. The minimum atomic E-state index is -0.512. The molecule has 0 heterocycles. The summed E-state index contributed by atoms with van der Waals surface area (Å²) in [5.74, 6) is 0.342. The number of carbonyl (C=O) groups is 1. The van der Waals surface area contributed by atoms with E-state index in [0.717, 1.165) is 0 Å². The Morgan fingerprint density at radius 2 is 1.45 bits per heavy atom. The first-order valence-electron chi connectivity index (χ1n) is 6.36. The molecule has 0 bridgehead atoms. The molecule has 0 aromatic heterocycles. The summed E-state index contributed by atoms with van der Waals surface area (Å²) in [6.07, 6.45) is 16.9. The Kier molecular flexibility index (Phi) is 8.36. The molecule has 0 amide bonds. The molecule has 110 valence electrons. The van der Waals surface area contributed by atoms with Gasteiger partial charge in [0.15, 0.2) is 5.78 Å². The van der Waals surface area contributed by atoms with E-state index in [2.05, 4.69) is 0 Å². The van der Waals surface area contributed by atoms with Gasteiger partial charge in [-0.05, 0) is 57.8 Å². The first kappa shape index (κ1) is 18.9. The average Bonchev–Trinajstić information content (AvgIpc) is 3.22. The summed E-state index contributed by atoms with van der Waals surface area (Å²) >= 11 is 0. The molecular weight excluding hydrogens is 322 g/mol. The quantitative estimate of drug-likeness (QED) is 0.369. The van der Waals surface area contributed by atoms with E-state index in [0.29, 0.717) is 11.5 Å². The van der Waals surface area contributed by atoms with E-state index in [4.69, 9.17) is 0 Å². The van der Waals surface area contributed by atoms with Gasteiger partial charge in [-0.3, -0.25) is 14.9 Å². The third kappa shape index (κ3) is 5.54. The third-order valence-electron chi connectivity index (χ3n) is 2.80. The summed E-state index contributed by atoms with van der Waals surface area (Å²) in [4.78, 5) is 21.9. The van der Waals surface area contributed by atoms with Crippen LogP contribution in [0.1, 0.15) is 10.4 Å². The Morgan fingerprint density at radius 3 is 1.95 bits per heavy atom. The van der Waals surface area contributed by atoms with Crippen LogP contribution in [0.25, 0.3) is 0 Å². The van der Waals surface area contributed by atoms with Gasteiger partial charge in [0.05, 0.1) is 10.8 Å². The minimum Gasteiger partial charge on any atom is -0.293 e. The number of ketones is 1. The van der Waals surface area contributed by atoms with Crippen molar-refractivity contribution in [1.29, 1.82) is 0 Å². The molecule has 2 saturated carbocycles. The molecule has 2 fully saturated rings. The molecule has 4 nitrogen and oxygen atoms in total. The molecule has 2 aliphatic carbocycles. The number of nitrogens with zero attached hydrogens (tertiary/aromatic N) is 1. The van der Waals surface area contributed by atoms with Crippen molar-refractivity contribution in [2.24, 2.45) is 0 Å². The molecule has 2 aliphatic rings. The number of nitro groups is 1. The number of non-ortho nitro benzene ring substituents is 1. The second kappa shape index (κ2) is 9.75. The van der Waals surface area contributed by atoms with Gasteiger partial charge in [-0.25, -0.2) is 0 Å². The van der Waals surface area contributed by atoms with Gasteiger partial charge in [0.2, 0.25) is 0 Å². The van der Waals surface area contributed by atoms with E-state index < -0.39 is 4.92 Å². The van der Waals surface area contributed by atoms with Gasteiger partial charge in [-0.2, -0.15) is 0 Å². The molecule has 10 radical (unpaired) electrons. The van der Waals surface area contributed by atoms with Crippen LogP contribution in [0.3, 0.4) is 0 Å². The van der Waals surface area contributed by atoms with E-state index in [1.807, 2.05) is 32.1 Å². The van der Waals surface area contributed by atoms with Gasteiger partial charge in [0.25, 0.3) is 5.69 Å². The van der Waals surface area contributed by atoms with Crippen LogP contribution >= 0.6 is 0 Å². The standard InChI is InChI=1S/C12H8NO3.C5H5.Fe/c14-12(9-4-1-2-5-9)10-6-3-7-11(8-10)13(15)16;1-2-4-5-3-1;/h1-8H;1-5H;/q;;+2. The van der Waals surface area contributed by atoms with Crippen molar-refractivity contribution < 1.29 is 26.8 Å². The average molecular weight is 335 g/mol. The van der Waals surface area contributed by atoms with E-state index in [1.54, 1.807) is 31.7 Å². The summed E-state index contributed by atoms with van der Waals surface area (Å²) in [5, 5.41) is 10.6. The number of benzene rings is 1. The van der Waals surface area contributed by atoms with Crippen LogP contribution in [0.5, 0.6) is 0 Å². The monoisotopic (exact) mass is 335 g/mol. The third-order valence-corrected chi connectivity index (χ3v) is 2.80. The largest absolute Gasteiger partial charge is 2.00 e. The molecule has 1 aromatic rings. The number of rotatable bonds is 3. The second-order valence-corrected chi connectivity index (χ2v) is 4.27. The van der Waals surface area contributed by atoms with Crippen molar-refractivity contribution in [3.05, 3.63) is 104 Å². The van der Waals surface area contributed by atoms with Crippen molar-refractivity contribution in [3.63, 3.8) is 0 Å². The first-order valence-corrected chi connectivity index (χ1v) is 6.36. The maximum atomic E-state index is 11.9. The Bertz CT molecular complexity index is 487. The van der Waals surface area contributed by atoms with Gasteiger partial charge in [-0.15, -0.1) is 0 Å². The molecule has 0 unspecified atom stereocenters. The molecule has 0 aliphatic heterocycles. The predicted molar refractivity (Wildman–Crippen MR) is 79.4 cm³/mol. The van der Waals surface area contributed by atoms with E-state index in [9.17, 15) is 14.9 Å². The van der Waals surface area contributed by atoms with Crippen molar-refractivity contribution in [1.82, 2.24) is 0 Å². The number of hydrogen-bond acceptors (Lipinski definition) is 3. The van der Waals surface area contributed by atoms with Crippen LogP contribution in [0, 0.1) is 73.8 Å². The van der Waals surface area contributed by atoms with Crippen LogP contribution in [-0.2, 0) is 17.1 Å². The normalized spacial score (nSPS) is 17.3. The van der Waals surface area contributed by atoms with Gasteiger partial charge < -0.3 is 0 Å². The Balaban J connectivity index is 0.000000344. The zero-order valence-electron chi connectivity index (χ0n) is 11.5. The Hall–Kier alpha value is -1.19. The SMILES string of the molecule is O=C([C]1[CH][CH][CH][CH]1)c1cccc([N+](=O)[O-])c1.[CH]1[CH][CH][CH][CH]1.[Fe+2]. The molecule has 0 N–H and O–H groups in total. The molecular formula is C17H13FeNO3+2. The van der Waals surface area contributed by atoms with Crippen LogP contribution < -0.4 is 0 Å². The number of carbonyl (C=O) groups excluding carboxylic acids is 1. The number of Topliss-reactive ketones (excluding diaryl/α,β-unsaturated/α-hetero) is 1. The molecule has 0 saturated heterocycles. The first-order chi connectivity index (χ1) is 10.2. The van der Waals surface area contributed by atoms with E-state index >= 15 is 0 Å². The Morgan fingerprint density at radius 1 is 0.909 bits per heavy atom. The van der Waals surface area contributed by atoms with Gasteiger partial charge in [-0.1, -0.05) is 12.1 Å². The molecule has 1 aromatic carbocycles. The topological polar surface area (TPSA) is 60.2 Å². The fourth-order valence-corrected chi connectivity index (χ4v) is 1.77. The van der Waals surface area contributed by atoms with Crippen molar-refractivity contribution in [3.8, 4) is 0 Å². The molecule has 22 heavy (non-hydrogen) atoms. The molecule has 3 rings (SSSR count). The minimum absolute atomic E-state index is 0. The molecule has 5 heteroatoms. The predicted octanol–water partition coefficient (Wildman–Crippen LogP) is 3.20. The van der Waals surface area contributed by atoms with Crippen molar-refractivity contribution in [2.45, 2.75) is 0 Å². The summed E-state index contributed by atoms with van der Waals surface area (Å²) in [7, 11) is 0. The number of nitro benzene ring substituents is 1. The van der Waals surface area contributed by atoms with E-state index in [-0.39, 0.29) is 28.5 Å². The molecule has 0 atom stereocenters. The number of hydrogen-bond donors (Lipinski definition) is 0. The van der Waals surface area contributed by atoms with Crippen LogP contribution in [-0.4, -0.2) is 10.7 Å². The zero-order chi connectivity index (χ0) is 15.1. The van der Waals surface area contributed by atoms with Gasteiger partial charge >= 0.3 is 17.1 Å². The van der Waals surface area contributed by atoms with Crippen LogP contribution in [0.15, 0.2) is 24.3 Å². The molecule has 0 spiro atoms. The smallest absolute Gasteiger partial charge is 0.293 e. The van der Waals surface area contributed by atoms with Crippen LogP contribution in [0.2, 0.25) is 0 Å². The fraction of sp³-hybridized carbons (Fsp3) is 0. The summed E-state index contributed by atoms with van der Waals surface area (Å²) in [5.41, 5.74) is 0.262. The maximum absolute atomic E-state index is 11.9. The van der Waals surface area contributed by atoms with Crippen LogP contribution in [0.4, 0.5) is 5.69 Å². The Labute approximate surface area is 142 Å². The summed E-state index contributed by atoms with van der Waals surface area (Å²) < 4.78 is 0. The van der Waals surface area contributed by atoms with E-state index in [1.165, 1.54) is 18.2 Å². The second-order valence-electron chi connectivity index (χ2n) is 4.27. The van der Waals surface area contributed by atoms with Gasteiger partial charge in [0.1, 0.15) is 0 Å². The zero-order valence-corrected chi connectivity index (χ0v) is 12.6. The maximum Gasteiger partial charge on any atom is 2.00 e.